The van der Waals surface area contributed by atoms with Crippen molar-refractivity contribution in [1.82, 2.24) is 0 Å². The van der Waals surface area contributed by atoms with E-state index in [1.165, 1.54) is 0 Å². The minimum absolute atomic E-state index is 0.123. The zero-order chi connectivity index (χ0) is 8.27. The molecule has 0 spiro atoms. The summed E-state index contributed by atoms with van der Waals surface area (Å²) < 4.78 is 0. The maximum absolute atomic E-state index is 4.36. The SMILES string of the molecule is CCCC1N=NC(C(C)C)=N1. The molecule has 0 fully saturated rings. The van der Waals surface area contributed by atoms with E-state index in [1.807, 2.05) is 0 Å². The van der Waals surface area contributed by atoms with Crippen LogP contribution in [0.15, 0.2) is 15.2 Å². The Morgan fingerprint density at radius 3 is 2.64 bits per heavy atom. The first-order chi connectivity index (χ1) is 5.24. The summed E-state index contributed by atoms with van der Waals surface area (Å²) in [4.78, 5) is 4.36. The molecule has 0 amide bonds. The zero-order valence-corrected chi connectivity index (χ0v) is 7.41. The van der Waals surface area contributed by atoms with Gasteiger partial charge in [-0.05, 0) is 6.42 Å². The monoisotopic (exact) mass is 153 g/mol. The Labute approximate surface area is 67.6 Å². The van der Waals surface area contributed by atoms with Crippen LogP contribution >= 0.6 is 0 Å². The molecule has 3 nitrogen and oxygen atoms in total. The van der Waals surface area contributed by atoms with Crippen LogP contribution < -0.4 is 0 Å². The summed E-state index contributed by atoms with van der Waals surface area (Å²) >= 11 is 0. The third kappa shape index (κ3) is 2.10. The highest BCUT2D eigenvalue weighted by Gasteiger charge is 2.14. The molecule has 0 aromatic rings. The Morgan fingerprint density at radius 1 is 1.45 bits per heavy atom. The third-order valence-electron chi connectivity index (χ3n) is 1.64. The van der Waals surface area contributed by atoms with E-state index in [-0.39, 0.29) is 6.17 Å². The van der Waals surface area contributed by atoms with Crippen molar-refractivity contribution in [3.05, 3.63) is 0 Å². The Hall–Kier alpha value is -0.730. The largest absolute Gasteiger partial charge is 0.240 e. The van der Waals surface area contributed by atoms with Gasteiger partial charge in [-0.3, -0.25) is 0 Å². The topological polar surface area (TPSA) is 37.1 Å². The van der Waals surface area contributed by atoms with Crippen molar-refractivity contribution >= 4 is 5.84 Å². The summed E-state index contributed by atoms with van der Waals surface area (Å²) in [6.07, 6.45) is 2.27. The number of aliphatic imine (C=N–C) groups is 1. The van der Waals surface area contributed by atoms with Crippen LogP contribution in [-0.4, -0.2) is 12.0 Å². The van der Waals surface area contributed by atoms with Crippen molar-refractivity contribution in [3.8, 4) is 0 Å². The van der Waals surface area contributed by atoms with Crippen molar-refractivity contribution in [2.75, 3.05) is 0 Å². The Morgan fingerprint density at radius 2 is 2.18 bits per heavy atom. The molecule has 0 aromatic carbocycles. The second-order valence-corrected chi connectivity index (χ2v) is 3.13. The average Bonchev–Trinajstić information content (AvgIpc) is 2.37. The first-order valence-corrected chi connectivity index (χ1v) is 4.22. The minimum Gasteiger partial charge on any atom is -0.240 e. The fraction of sp³-hybridized carbons (Fsp3) is 0.875. The Bertz CT molecular complexity index is 182. The predicted molar refractivity (Wildman–Crippen MR) is 45.8 cm³/mol. The zero-order valence-electron chi connectivity index (χ0n) is 7.41. The van der Waals surface area contributed by atoms with E-state index in [2.05, 4.69) is 36.0 Å². The first kappa shape index (κ1) is 8.37. The summed E-state index contributed by atoms with van der Waals surface area (Å²) in [5, 5.41) is 8.06. The van der Waals surface area contributed by atoms with Crippen molar-refractivity contribution in [1.29, 1.82) is 0 Å². The molecule has 1 unspecified atom stereocenters. The molecular weight excluding hydrogens is 138 g/mol. The van der Waals surface area contributed by atoms with E-state index in [4.69, 9.17) is 0 Å². The van der Waals surface area contributed by atoms with Crippen molar-refractivity contribution in [3.63, 3.8) is 0 Å². The molecule has 1 atom stereocenters. The highest BCUT2D eigenvalue weighted by atomic mass is 15.3. The van der Waals surface area contributed by atoms with Gasteiger partial charge < -0.3 is 0 Å². The number of amidine groups is 1. The molecule has 0 radical (unpaired) electrons. The molecule has 0 saturated carbocycles. The maximum atomic E-state index is 4.36. The summed E-state index contributed by atoms with van der Waals surface area (Å²) in [6, 6.07) is 0. The quantitative estimate of drug-likeness (QED) is 0.597. The van der Waals surface area contributed by atoms with Gasteiger partial charge in [0.1, 0.15) is 0 Å². The van der Waals surface area contributed by atoms with E-state index in [0.29, 0.717) is 5.92 Å². The number of hydrogen-bond acceptors (Lipinski definition) is 3. The van der Waals surface area contributed by atoms with Crippen LogP contribution in [0.25, 0.3) is 0 Å². The summed E-state index contributed by atoms with van der Waals surface area (Å²) in [5.74, 6) is 1.32. The standard InChI is InChI=1S/C8H15N3/c1-4-5-7-9-8(6(2)3)11-10-7/h6-7H,4-5H2,1-3H3. The van der Waals surface area contributed by atoms with Gasteiger partial charge in [0.2, 0.25) is 0 Å². The normalized spacial score (nSPS) is 22.9. The number of hydrogen-bond donors (Lipinski definition) is 0. The maximum Gasteiger partial charge on any atom is 0.162 e. The number of azo groups is 1. The summed E-state index contributed by atoms with van der Waals surface area (Å²) in [5.41, 5.74) is 0. The molecule has 0 N–H and O–H groups in total. The molecule has 1 heterocycles. The van der Waals surface area contributed by atoms with Crippen LogP contribution in [0.4, 0.5) is 0 Å². The van der Waals surface area contributed by atoms with Crippen LogP contribution in [0.5, 0.6) is 0 Å². The highest BCUT2D eigenvalue weighted by molar-refractivity contribution is 5.85. The summed E-state index contributed by atoms with van der Waals surface area (Å²) in [6.45, 7) is 6.32. The molecule has 0 saturated heterocycles. The lowest BCUT2D eigenvalue weighted by atomic mass is 10.2. The van der Waals surface area contributed by atoms with Gasteiger partial charge in [-0.15, -0.1) is 5.11 Å². The lowest BCUT2D eigenvalue weighted by Gasteiger charge is -1.98. The van der Waals surface area contributed by atoms with Crippen LogP contribution in [0, 0.1) is 5.92 Å². The molecule has 11 heavy (non-hydrogen) atoms. The van der Waals surface area contributed by atoms with Crippen LogP contribution in [0.1, 0.15) is 33.6 Å². The van der Waals surface area contributed by atoms with E-state index in [1.54, 1.807) is 0 Å². The smallest absolute Gasteiger partial charge is 0.162 e. The fourth-order valence-electron chi connectivity index (χ4n) is 0.975. The van der Waals surface area contributed by atoms with Gasteiger partial charge in [0.15, 0.2) is 12.0 Å². The summed E-state index contributed by atoms with van der Waals surface area (Å²) in [7, 11) is 0. The van der Waals surface area contributed by atoms with Gasteiger partial charge >= 0.3 is 0 Å². The molecule has 3 heteroatoms. The molecule has 62 valence electrons. The van der Waals surface area contributed by atoms with Gasteiger partial charge in [-0.1, -0.05) is 27.2 Å². The molecule has 1 aliphatic rings. The van der Waals surface area contributed by atoms with E-state index in [9.17, 15) is 0 Å². The minimum atomic E-state index is 0.123. The lowest BCUT2D eigenvalue weighted by molar-refractivity contribution is 0.628. The van der Waals surface area contributed by atoms with Gasteiger partial charge in [0.05, 0.1) is 0 Å². The number of nitrogens with zero attached hydrogens (tertiary/aromatic N) is 3. The van der Waals surface area contributed by atoms with Crippen LogP contribution in [-0.2, 0) is 0 Å². The molecule has 0 aliphatic carbocycles. The van der Waals surface area contributed by atoms with Crippen LogP contribution in [0.3, 0.4) is 0 Å². The molecule has 1 rings (SSSR count). The Balaban J connectivity index is 2.49. The van der Waals surface area contributed by atoms with Crippen molar-refractivity contribution < 1.29 is 0 Å². The second-order valence-electron chi connectivity index (χ2n) is 3.13. The van der Waals surface area contributed by atoms with E-state index in [0.717, 1.165) is 18.7 Å². The van der Waals surface area contributed by atoms with Crippen molar-refractivity contribution in [2.24, 2.45) is 21.1 Å². The highest BCUT2D eigenvalue weighted by Crippen LogP contribution is 2.14. The van der Waals surface area contributed by atoms with Gasteiger partial charge in [-0.25, -0.2) is 4.99 Å². The average molecular weight is 153 g/mol. The van der Waals surface area contributed by atoms with E-state index >= 15 is 0 Å². The third-order valence-corrected chi connectivity index (χ3v) is 1.64. The molecule has 0 bridgehead atoms. The first-order valence-electron chi connectivity index (χ1n) is 4.22. The lowest BCUT2D eigenvalue weighted by Crippen LogP contribution is -2.02. The predicted octanol–water partition coefficient (Wildman–Crippen LogP) is 2.63. The molecular formula is C8H15N3. The fourth-order valence-corrected chi connectivity index (χ4v) is 0.975. The van der Waals surface area contributed by atoms with Gasteiger partial charge in [-0.2, -0.15) is 5.11 Å². The molecule has 0 aromatic heterocycles. The second kappa shape index (κ2) is 3.60. The van der Waals surface area contributed by atoms with Crippen LogP contribution in [0.2, 0.25) is 0 Å². The number of rotatable bonds is 3. The van der Waals surface area contributed by atoms with Crippen molar-refractivity contribution in [2.45, 2.75) is 39.8 Å². The molecule has 1 aliphatic heterocycles. The Kier molecular flexibility index (Phi) is 2.74. The van der Waals surface area contributed by atoms with E-state index < -0.39 is 0 Å². The van der Waals surface area contributed by atoms with Gasteiger partial charge in [0.25, 0.3) is 0 Å². The van der Waals surface area contributed by atoms with Gasteiger partial charge in [0, 0.05) is 5.92 Å².